The van der Waals surface area contributed by atoms with E-state index in [0.717, 1.165) is 11.1 Å². The number of halogens is 2. The maximum Gasteiger partial charge on any atom is 1.00 e. The second kappa shape index (κ2) is 12.6. The van der Waals surface area contributed by atoms with Crippen LogP contribution >= 0.6 is 23.2 Å². The van der Waals surface area contributed by atoms with Crippen molar-refractivity contribution >= 4 is 46.9 Å². The van der Waals surface area contributed by atoms with Crippen LogP contribution < -0.4 is 40.2 Å². The van der Waals surface area contributed by atoms with E-state index in [4.69, 9.17) is 23.2 Å². The summed E-state index contributed by atoms with van der Waals surface area (Å²) in [4.78, 5) is 50.5. The summed E-state index contributed by atoms with van der Waals surface area (Å²) in [6, 6.07) is 8.93. The Hall–Kier alpha value is -2.36. The van der Waals surface area contributed by atoms with E-state index in [0.29, 0.717) is 27.7 Å². The first-order valence-corrected chi connectivity index (χ1v) is 11.2. The van der Waals surface area contributed by atoms with Gasteiger partial charge in [0.15, 0.2) is 11.8 Å². The Morgan fingerprint density at radius 1 is 1.11 bits per heavy atom. The molecule has 2 atom stereocenters. The van der Waals surface area contributed by atoms with Crippen LogP contribution in [0.3, 0.4) is 0 Å². The van der Waals surface area contributed by atoms with Crippen LogP contribution in [0.2, 0.25) is 10.0 Å². The molecule has 1 aliphatic rings. The van der Waals surface area contributed by atoms with Crippen molar-refractivity contribution in [2.24, 2.45) is 0 Å². The van der Waals surface area contributed by atoms with Gasteiger partial charge in [-0.25, -0.2) is 4.79 Å². The van der Waals surface area contributed by atoms with Gasteiger partial charge in [0.1, 0.15) is 0 Å². The van der Waals surface area contributed by atoms with Crippen molar-refractivity contribution < 1.29 is 55.3 Å². The van der Waals surface area contributed by atoms with Gasteiger partial charge in [-0.3, -0.25) is 14.4 Å². The summed E-state index contributed by atoms with van der Waals surface area (Å²) in [7, 11) is 0. The molecule has 0 spiro atoms. The molecule has 8 nitrogen and oxygen atoms in total. The molecule has 11 heteroatoms. The standard InChI is InChI=1S/C24H23Cl2N3O5.Na.H/c1-3-29-12-13(2)22(32)21(23(29)33)28-24(34)27-19(11-20(30)31)16-6-4-5-14(9-16)15-7-8-17(25)18(26)10-15;;/h4-10,12,19,21H,3,11H2,1-2H3,(H,30,31)(H2,27,28,34);;/q;+1;-1. The van der Waals surface area contributed by atoms with E-state index in [-0.39, 0.29) is 31.0 Å². The van der Waals surface area contributed by atoms with E-state index in [1.165, 1.54) is 11.1 Å². The zero-order chi connectivity index (χ0) is 25.0. The van der Waals surface area contributed by atoms with Gasteiger partial charge in [0.25, 0.3) is 5.91 Å². The third-order valence-corrected chi connectivity index (χ3v) is 6.11. The summed E-state index contributed by atoms with van der Waals surface area (Å²) in [5, 5.41) is 15.1. The molecule has 3 rings (SSSR count). The van der Waals surface area contributed by atoms with Gasteiger partial charge in [0.2, 0.25) is 0 Å². The van der Waals surface area contributed by atoms with Crippen LogP contribution in [0.5, 0.6) is 0 Å². The molecular formula is C24H24Cl2N3NaO5. The van der Waals surface area contributed by atoms with Gasteiger partial charge < -0.3 is 22.1 Å². The number of nitrogens with one attached hydrogen (secondary N) is 2. The minimum absolute atomic E-state index is 0. The molecule has 0 radical (unpaired) electrons. The fourth-order valence-corrected chi connectivity index (χ4v) is 3.91. The van der Waals surface area contributed by atoms with Gasteiger partial charge in [-0.2, -0.15) is 0 Å². The number of amides is 3. The molecule has 1 aliphatic heterocycles. The SMILES string of the molecule is CCN1C=C(C)C(=O)C(NC(=O)NC(CC(=O)O)c2cccc(-c3ccc(Cl)c(Cl)c3)c2)C1=O.[H-].[Na+]. The smallest absolute Gasteiger partial charge is 1.00 e. The number of nitrogens with zero attached hydrogens (tertiary/aromatic N) is 1. The largest absolute Gasteiger partial charge is 1.00 e. The fraction of sp³-hybridized carbons (Fsp3) is 0.250. The zero-order valence-corrected chi connectivity index (χ0v) is 23.0. The van der Waals surface area contributed by atoms with Gasteiger partial charge in [-0.05, 0) is 48.7 Å². The average molecular weight is 528 g/mol. The molecule has 2 unspecified atom stereocenters. The molecule has 1 heterocycles. The summed E-state index contributed by atoms with van der Waals surface area (Å²) >= 11 is 12.1. The van der Waals surface area contributed by atoms with Crippen LogP contribution in [0.25, 0.3) is 11.1 Å². The monoisotopic (exact) mass is 527 g/mol. The quantitative estimate of drug-likeness (QED) is 0.370. The second-order valence-electron chi connectivity index (χ2n) is 7.76. The number of hydrogen-bond acceptors (Lipinski definition) is 4. The molecule has 3 N–H and O–H groups in total. The molecule has 2 aromatic rings. The summed E-state index contributed by atoms with van der Waals surface area (Å²) in [6.45, 7) is 3.65. The van der Waals surface area contributed by atoms with Gasteiger partial charge >= 0.3 is 41.6 Å². The summed E-state index contributed by atoms with van der Waals surface area (Å²) in [5.41, 5.74) is 2.36. The van der Waals surface area contributed by atoms with Gasteiger partial charge in [-0.15, -0.1) is 0 Å². The Morgan fingerprint density at radius 3 is 2.43 bits per heavy atom. The van der Waals surface area contributed by atoms with E-state index in [1.54, 1.807) is 50.2 Å². The maximum absolute atomic E-state index is 12.7. The Balaban J connectivity index is 0.00000324. The number of carboxylic acids is 1. The summed E-state index contributed by atoms with van der Waals surface area (Å²) < 4.78 is 0. The first kappa shape index (κ1) is 28.9. The molecule has 180 valence electrons. The van der Waals surface area contributed by atoms with E-state index in [9.17, 15) is 24.3 Å². The molecule has 3 amide bonds. The summed E-state index contributed by atoms with van der Waals surface area (Å²) in [6.07, 6.45) is 1.04. The number of hydrogen-bond donors (Lipinski definition) is 3. The number of carboxylic acid groups (broad SMARTS) is 1. The van der Waals surface area contributed by atoms with Crippen LogP contribution in [-0.4, -0.2) is 46.3 Å². The van der Waals surface area contributed by atoms with Crippen molar-refractivity contribution in [1.29, 1.82) is 0 Å². The molecule has 0 aromatic heterocycles. The number of likely N-dealkylation sites (N-methyl/N-ethyl adjacent to an activating group) is 1. The second-order valence-corrected chi connectivity index (χ2v) is 8.57. The van der Waals surface area contributed by atoms with Crippen molar-refractivity contribution in [2.75, 3.05) is 6.54 Å². The fourth-order valence-electron chi connectivity index (χ4n) is 3.61. The van der Waals surface area contributed by atoms with E-state index in [1.807, 2.05) is 6.07 Å². The molecule has 0 saturated heterocycles. The van der Waals surface area contributed by atoms with Crippen LogP contribution in [0.1, 0.15) is 33.3 Å². The van der Waals surface area contributed by atoms with Crippen molar-refractivity contribution in [3.8, 4) is 11.1 Å². The van der Waals surface area contributed by atoms with Crippen LogP contribution in [0.4, 0.5) is 4.79 Å². The van der Waals surface area contributed by atoms with E-state index in [2.05, 4.69) is 10.6 Å². The Bertz CT molecular complexity index is 1190. The van der Waals surface area contributed by atoms with Crippen molar-refractivity contribution in [3.05, 3.63) is 69.8 Å². The van der Waals surface area contributed by atoms with Crippen LogP contribution in [-0.2, 0) is 14.4 Å². The van der Waals surface area contributed by atoms with Gasteiger partial charge in [0, 0.05) is 18.3 Å². The maximum atomic E-state index is 12.7. The molecular weight excluding hydrogens is 504 g/mol. The molecule has 2 aromatic carbocycles. The third kappa shape index (κ3) is 7.08. The van der Waals surface area contributed by atoms with Gasteiger partial charge in [-0.1, -0.05) is 47.5 Å². The first-order chi connectivity index (χ1) is 16.1. The molecule has 0 saturated carbocycles. The van der Waals surface area contributed by atoms with E-state index >= 15 is 0 Å². The van der Waals surface area contributed by atoms with Crippen LogP contribution in [0.15, 0.2) is 54.2 Å². The molecule has 0 bridgehead atoms. The Morgan fingerprint density at radius 2 is 1.80 bits per heavy atom. The van der Waals surface area contributed by atoms with Gasteiger partial charge in [0.05, 0.1) is 22.5 Å². The zero-order valence-electron chi connectivity index (χ0n) is 20.5. The third-order valence-electron chi connectivity index (χ3n) is 5.37. The topological polar surface area (TPSA) is 116 Å². The number of carbonyl (C=O) groups excluding carboxylic acids is 3. The predicted molar refractivity (Wildman–Crippen MR) is 130 cm³/mol. The summed E-state index contributed by atoms with van der Waals surface area (Å²) in [5.74, 6) is -2.20. The normalized spacial score (nSPS) is 16.2. The molecule has 0 aliphatic carbocycles. The predicted octanol–water partition coefficient (Wildman–Crippen LogP) is 1.30. The van der Waals surface area contributed by atoms with Crippen molar-refractivity contribution in [3.63, 3.8) is 0 Å². The Kier molecular flexibility index (Phi) is 10.4. The minimum atomic E-state index is -1.38. The number of aliphatic carboxylic acids is 1. The number of ketones is 1. The van der Waals surface area contributed by atoms with Crippen molar-refractivity contribution in [1.82, 2.24) is 15.5 Å². The molecule has 0 fully saturated rings. The Labute approximate surface area is 236 Å². The minimum Gasteiger partial charge on any atom is -1.00 e. The number of urea groups is 1. The average Bonchev–Trinajstić information content (AvgIpc) is 2.80. The number of Topliss-reactive ketones (excluding diaryl/α,β-unsaturated/α-hetero) is 1. The van der Waals surface area contributed by atoms with Crippen molar-refractivity contribution in [2.45, 2.75) is 32.4 Å². The molecule has 35 heavy (non-hydrogen) atoms. The number of carbonyl (C=O) groups is 4. The van der Waals surface area contributed by atoms with Crippen LogP contribution in [0, 0.1) is 0 Å². The van der Waals surface area contributed by atoms with E-state index < -0.39 is 42.2 Å². The first-order valence-electron chi connectivity index (χ1n) is 10.5. The number of rotatable bonds is 7. The number of benzene rings is 2.